The van der Waals surface area contributed by atoms with Gasteiger partial charge in [-0.1, -0.05) is 19.9 Å². The van der Waals surface area contributed by atoms with Crippen molar-refractivity contribution < 1.29 is 14.6 Å². The van der Waals surface area contributed by atoms with Crippen LogP contribution in [0.2, 0.25) is 0 Å². The molecule has 1 aromatic heterocycles. The summed E-state index contributed by atoms with van der Waals surface area (Å²) in [7, 11) is 0. The summed E-state index contributed by atoms with van der Waals surface area (Å²) in [5, 5.41) is 9.71. The number of aromatic nitrogens is 1. The van der Waals surface area contributed by atoms with Crippen LogP contribution in [0.4, 0.5) is 5.69 Å². The van der Waals surface area contributed by atoms with E-state index in [1.54, 1.807) is 6.92 Å². The van der Waals surface area contributed by atoms with Crippen LogP contribution in [-0.2, 0) is 11.2 Å². The van der Waals surface area contributed by atoms with Gasteiger partial charge in [0, 0.05) is 11.3 Å². The number of benzene rings is 1. The molecule has 0 saturated heterocycles. The fraction of sp³-hybridized carbons (Fsp3) is 0.375. The van der Waals surface area contributed by atoms with E-state index in [-0.39, 0.29) is 6.42 Å². The molecule has 112 valence electrons. The number of hydrogen-bond donors (Lipinski definition) is 2. The summed E-state index contributed by atoms with van der Waals surface area (Å²) in [6.45, 7) is 6.47. The van der Waals surface area contributed by atoms with Crippen LogP contribution in [0.15, 0.2) is 18.2 Å². The maximum absolute atomic E-state index is 11.0. The molecule has 0 aliphatic carbocycles. The molecule has 2 rings (SSSR count). The summed E-state index contributed by atoms with van der Waals surface area (Å²) in [6, 6.07) is 5.55. The maximum Gasteiger partial charge on any atom is 0.307 e. The molecule has 5 nitrogen and oxygen atoms in total. The Bertz CT molecular complexity index is 681. The average molecular weight is 288 g/mol. The van der Waals surface area contributed by atoms with Gasteiger partial charge < -0.3 is 15.6 Å². The normalized spacial score (nSPS) is 11.0. The lowest BCUT2D eigenvalue weighted by Crippen LogP contribution is -2.09. The number of carboxylic acids is 1. The van der Waals surface area contributed by atoms with E-state index in [1.807, 2.05) is 18.2 Å². The van der Waals surface area contributed by atoms with Crippen LogP contribution in [0, 0.1) is 12.8 Å². The number of anilines is 1. The van der Waals surface area contributed by atoms with Crippen molar-refractivity contribution in [2.45, 2.75) is 27.2 Å². The van der Waals surface area contributed by atoms with Crippen LogP contribution in [0.25, 0.3) is 10.9 Å². The van der Waals surface area contributed by atoms with Gasteiger partial charge in [0.05, 0.1) is 29.6 Å². The largest absolute Gasteiger partial charge is 0.493 e. The first-order valence-electron chi connectivity index (χ1n) is 6.92. The van der Waals surface area contributed by atoms with Crippen molar-refractivity contribution in [2.24, 2.45) is 5.92 Å². The lowest BCUT2D eigenvalue weighted by Gasteiger charge is -2.15. The number of fused-ring (bicyclic) bond motifs is 1. The topological polar surface area (TPSA) is 85.4 Å². The van der Waals surface area contributed by atoms with E-state index in [4.69, 9.17) is 15.6 Å². The Balaban J connectivity index is 2.58. The number of aliphatic carboxylic acids is 1. The number of rotatable bonds is 5. The highest BCUT2D eigenvalue weighted by molar-refractivity contribution is 5.98. The van der Waals surface area contributed by atoms with Gasteiger partial charge in [0.2, 0.25) is 0 Å². The molecule has 0 spiro atoms. The third-order valence-corrected chi connectivity index (χ3v) is 3.22. The summed E-state index contributed by atoms with van der Waals surface area (Å²) >= 11 is 0. The van der Waals surface area contributed by atoms with Crippen molar-refractivity contribution in [3.8, 4) is 5.75 Å². The highest BCUT2D eigenvalue weighted by Crippen LogP contribution is 2.33. The van der Waals surface area contributed by atoms with Crippen LogP contribution < -0.4 is 10.5 Å². The molecule has 1 aromatic carbocycles. The summed E-state index contributed by atoms with van der Waals surface area (Å²) in [4.78, 5) is 15.4. The molecule has 2 aromatic rings. The van der Waals surface area contributed by atoms with Crippen LogP contribution >= 0.6 is 0 Å². The minimum Gasteiger partial charge on any atom is -0.493 e. The monoisotopic (exact) mass is 288 g/mol. The molecule has 0 radical (unpaired) electrons. The standard InChI is InChI=1S/C16H20N2O3/c1-9(2)8-21-13-6-4-5-12-15(13)16(17)11(7-14(19)20)10(3)18-12/h4-6,9H,7-8H2,1-3H3,(H2,17,18)(H,19,20). The number of nitrogen functional groups attached to an aromatic ring is 1. The molecule has 3 N–H and O–H groups in total. The number of ether oxygens (including phenoxy) is 1. The van der Waals surface area contributed by atoms with Gasteiger partial charge in [0.1, 0.15) is 5.75 Å². The first-order valence-corrected chi connectivity index (χ1v) is 6.92. The van der Waals surface area contributed by atoms with E-state index in [0.717, 1.165) is 5.52 Å². The molecule has 0 atom stereocenters. The van der Waals surface area contributed by atoms with E-state index in [9.17, 15) is 4.79 Å². The second kappa shape index (κ2) is 5.99. The number of hydrogen-bond acceptors (Lipinski definition) is 4. The fourth-order valence-corrected chi connectivity index (χ4v) is 2.23. The van der Waals surface area contributed by atoms with E-state index in [0.29, 0.717) is 40.6 Å². The molecular formula is C16H20N2O3. The molecule has 21 heavy (non-hydrogen) atoms. The van der Waals surface area contributed by atoms with Crippen LogP contribution in [-0.4, -0.2) is 22.7 Å². The zero-order valence-corrected chi connectivity index (χ0v) is 12.5. The molecule has 1 heterocycles. The van der Waals surface area contributed by atoms with E-state index in [1.165, 1.54) is 0 Å². The van der Waals surface area contributed by atoms with Crippen molar-refractivity contribution in [3.63, 3.8) is 0 Å². The van der Waals surface area contributed by atoms with Gasteiger partial charge >= 0.3 is 5.97 Å². The Morgan fingerprint density at radius 2 is 2.14 bits per heavy atom. The van der Waals surface area contributed by atoms with Crippen molar-refractivity contribution in [1.29, 1.82) is 0 Å². The summed E-state index contributed by atoms with van der Waals surface area (Å²) in [5.74, 6) is 0.114. The van der Waals surface area contributed by atoms with Crippen molar-refractivity contribution in [1.82, 2.24) is 4.98 Å². The van der Waals surface area contributed by atoms with Gasteiger partial charge in [-0.15, -0.1) is 0 Å². The van der Waals surface area contributed by atoms with Gasteiger partial charge in [-0.2, -0.15) is 0 Å². The van der Waals surface area contributed by atoms with Gasteiger partial charge in [-0.25, -0.2) is 0 Å². The number of pyridine rings is 1. The minimum absolute atomic E-state index is 0.140. The van der Waals surface area contributed by atoms with E-state index in [2.05, 4.69) is 18.8 Å². The molecule has 5 heteroatoms. The summed E-state index contributed by atoms with van der Waals surface area (Å²) in [6.07, 6.45) is -0.140. The van der Waals surface area contributed by atoms with Gasteiger partial charge in [-0.05, 0) is 25.0 Å². The Morgan fingerprint density at radius 3 is 2.76 bits per heavy atom. The van der Waals surface area contributed by atoms with Crippen molar-refractivity contribution in [3.05, 3.63) is 29.5 Å². The van der Waals surface area contributed by atoms with Crippen molar-refractivity contribution >= 4 is 22.6 Å². The number of aryl methyl sites for hydroxylation is 1. The first kappa shape index (κ1) is 15.1. The second-order valence-electron chi connectivity index (χ2n) is 5.52. The second-order valence-corrected chi connectivity index (χ2v) is 5.52. The highest BCUT2D eigenvalue weighted by Gasteiger charge is 2.16. The Labute approximate surface area is 123 Å². The van der Waals surface area contributed by atoms with E-state index >= 15 is 0 Å². The lowest BCUT2D eigenvalue weighted by atomic mass is 10.0. The first-order chi connectivity index (χ1) is 9.90. The maximum atomic E-state index is 11.0. The highest BCUT2D eigenvalue weighted by atomic mass is 16.5. The molecular weight excluding hydrogens is 268 g/mol. The quantitative estimate of drug-likeness (QED) is 0.883. The smallest absolute Gasteiger partial charge is 0.307 e. The molecule has 0 saturated carbocycles. The third-order valence-electron chi connectivity index (χ3n) is 3.22. The molecule has 0 aliphatic rings. The van der Waals surface area contributed by atoms with Gasteiger partial charge in [-0.3, -0.25) is 9.78 Å². The zero-order chi connectivity index (χ0) is 15.6. The Hall–Kier alpha value is -2.30. The van der Waals surface area contributed by atoms with Crippen molar-refractivity contribution in [2.75, 3.05) is 12.3 Å². The lowest BCUT2D eigenvalue weighted by molar-refractivity contribution is -0.136. The molecule has 0 fully saturated rings. The third kappa shape index (κ3) is 3.24. The van der Waals surface area contributed by atoms with Crippen LogP contribution in [0.1, 0.15) is 25.1 Å². The van der Waals surface area contributed by atoms with E-state index < -0.39 is 5.97 Å². The van der Waals surface area contributed by atoms with Gasteiger partial charge in [0.15, 0.2) is 0 Å². The number of nitrogens with zero attached hydrogens (tertiary/aromatic N) is 1. The minimum atomic E-state index is -0.925. The molecule has 0 aliphatic heterocycles. The van der Waals surface area contributed by atoms with Gasteiger partial charge in [0.25, 0.3) is 0 Å². The Kier molecular flexibility index (Phi) is 4.31. The molecule has 0 unspecified atom stereocenters. The molecule has 0 amide bonds. The predicted octanol–water partition coefficient (Wildman–Crippen LogP) is 2.79. The zero-order valence-electron chi connectivity index (χ0n) is 12.5. The predicted molar refractivity (Wildman–Crippen MR) is 82.6 cm³/mol. The number of carbonyl (C=O) groups is 1. The summed E-state index contributed by atoms with van der Waals surface area (Å²) < 4.78 is 5.79. The average Bonchev–Trinajstić information content (AvgIpc) is 2.40. The van der Waals surface area contributed by atoms with Crippen LogP contribution in [0.3, 0.4) is 0 Å². The summed E-state index contributed by atoms with van der Waals surface area (Å²) in [5.41, 5.74) is 8.55. The Morgan fingerprint density at radius 1 is 1.43 bits per heavy atom. The number of carboxylic acid groups (broad SMARTS) is 1. The fourth-order valence-electron chi connectivity index (χ4n) is 2.23. The number of nitrogens with two attached hydrogens (primary N) is 1. The van der Waals surface area contributed by atoms with Crippen LogP contribution in [0.5, 0.6) is 5.75 Å². The molecule has 0 bridgehead atoms. The SMILES string of the molecule is Cc1nc2cccc(OCC(C)C)c2c(N)c1CC(=O)O.